The molecule has 16 nitrogen and oxygen atoms in total. The first-order valence-electron chi connectivity index (χ1n) is 14.2. The van der Waals surface area contributed by atoms with Gasteiger partial charge in [-0.05, 0) is 54.5 Å². The van der Waals surface area contributed by atoms with Crippen LogP contribution in [-0.2, 0) is 42.9 Å². The number of phenolic OH excluding ortho intramolecular Hbond substituents is 4. The number of carbonyl (C=O) groups is 5. The number of benzene rings is 2. The first-order valence-corrected chi connectivity index (χ1v) is 14.2. The number of hydrogen-bond donors (Lipinski definition) is 7. The van der Waals surface area contributed by atoms with Gasteiger partial charge in [0, 0.05) is 25.0 Å². The second-order valence-electron chi connectivity index (χ2n) is 11.2. The number of carbonyl (C=O) groups excluding carboxylic acids is 4. The number of esters is 4. The number of aromatic hydroxyl groups is 4. The van der Waals surface area contributed by atoms with Crippen LogP contribution in [0.1, 0.15) is 43.7 Å². The van der Waals surface area contributed by atoms with Gasteiger partial charge in [-0.3, -0.25) is 9.59 Å². The van der Waals surface area contributed by atoms with Crippen LogP contribution in [0.15, 0.2) is 48.6 Å². The maximum Gasteiger partial charge on any atom is 0.338 e. The second-order valence-corrected chi connectivity index (χ2v) is 11.2. The summed E-state index contributed by atoms with van der Waals surface area (Å²) in [5, 5.41) is 69.1. The SMILES string of the molecule is COC(=O)C1(O)C[C@@H](OC(=O)C=Cc2ccc(O)c(O)c2)C(OC(=O)C[C@@](C)(O)CC(=O)O)[C@H](OC(=O)C=Cc2ccc(O)c(O)c2)C1. The smallest absolute Gasteiger partial charge is 0.338 e. The molecule has 1 aliphatic rings. The van der Waals surface area contributed by atoms with Crippen molar-refractivity contribution in [3.8, 4) is 23.0 Å². The van der Waals surface area contributed by atoms with Gasteiger partial charge >= 0.3 is 29.8 Å². The summed E-state index contributed by atoms with van der Waals surface area (Å²) in [5.41, 5.74) is -4.02. The molecule has 16 heteroatoms. The van der Waals surface area contributed by atoms with Gasteiger partial charge < -0.3 is 54.7 Å². The van der Waals surface area contributed by atoms with Gasteiger partial charge in [0.1, 0.15) is 12.2 Å². The van der Waals surface area contributed by atoms with Crippen LogP contribution in [0, 0.1) is 0 Å². The van der Waals surface area contributed by atoms with Crippen molar-refractivity contribution in [2.75, 3.05) is 7.11 Å². The Bertz CT molecular complexity index is 1520. The van der Waals surface area contributed by atoms with E-state index in [9.17, 15) is 54.6 Å². The molecular formula is C32H34O16. The zero-order chi connectivity index (χ0) is 35.8. The minimum absolute atomic E-state index is 0.251. The zero-order valence-corrected chi connectivity index (χ0v) is 25.6. The molecule has 258 valence electrons. The molecule has 3 atom stereocenters. The molecule has 0 spiro atoms. The van der Waals surface area contributed by atoms with Crippen molar-refractivity contribution >= 4 is 42.0 Å². The highest BCUT2D eigenvalue weighted by molar-refractivity contribution is 5.88. The molecule has 0 heterocycles. The Morgan fingerprint density at radius 1 is 0.792 bits per heavy atom. The van der Waals surface area contributed by atoms with E-state index in [1.54, 1.807) is 0 Å². The summed E-state index contributed by atoms with van der Waals surface area (Å²) in [6.07, 6.45) is -4.14. The van der Waals surface area contributed by atoms with Crippen LogP contribution in [0.2, 0.25) is 0 Å². The summed E-state index contributed by atoms with van der Waals surface area (Å²) in [7, 11) is 0.963. The number of carboxylic acids is 1. The molecule has 0 amide bonds. The van der Waals surface area contributed by atoms with E-state index < -0.39 is 108 Å². The molecule has 3 rings (SSSR count). The van der Waals surface area contributed by atoms with Crippen LogP contribution in [0.3, 0.4) is 0 Å². The Balaban J connectivity index is 1.94. The Hall–Kier alpha value is -5.61. The molecule has 0 aliphatic heterocycles. The highest BCUT2D eigenvalue weighted by atomic mass is 16.6. The minimum Gasteiger partial charge on any atom is -0.504 e. The van der Waals surface area contributed by atoms with E-state index in [2.05, 4.69) is 4.74 Å². The van der Waals surface area contributed by atoms with Gasteiger partial charge in [-0.25, -0.2) is 14.4 Å². The molecule has 0 radical (unpaired) electrons. The molecule has 0 aromatic heterocycles. The molecule has 1 aliphatic carbocycles. The normalized spacial score (nSPS) is 22.0. The molecule has 1 fully saturated rings. The molecule has 0 saturated heterocycles. The summed E-state index contributed by atoms with van der Waals surface area (Å²) < 4.78 is 21.0. The quantitative estimate of drug-likeness (QED) is 0.0723. The van der Waals surface area contributed by atoms with E-state index in [0.717, 1.165) is 50.5 Å². The number of rotatable bonds is 12. The Labute approximate surface area is 272 Å². The summed E-state index contributed by atoms with van der Waals surface area (Å²) in [6.45, 7) is 1.06. The van der Waals surface area contributed by atoms with Crippen molar-refractivity contribution in [3.05, 3.63) is 59.7 Å². The van der Waals surface area contributed by atoms with Crippen molar-refractivity contribution in [2.45, 2.75) is 62.1 Å². The van der Waals surface area contributed by atoms with E-state index in [1.165, 1.54) is 24.3 Å². The average Bonchev–Trinajstić information content (AvgIpc) is 2.98. The number of ether oxygens (including phenoxy) is 4. The van der Waals surface area contributed by atoms with Crippen LogP contribution >= 0.6 is 0 Å². The third kappa shape index (κ3) is 10.2. The Morgan fingerprint density at radius 3 is 1.65 bits per heavy atom. The number of phenols is 4. The van der Waals surface area contributed by atoms with Crippen LogP contribution in [-0.4, -0.2) is 102 Å². The molecule has 2 aromatic rings. The van der Waals surface area contributed by atoms with Crippen LogP contribution in [0.25, 0.3) is 12.2 Å². The molecule has 2 aromatic carbocycles. The maximum atomic E-state index is 12.9. The molecule has 1 saturated carbocycles. The predicted octanol–water partition coefficient (Wildman–Crippen LogP) is 1.28. The van der Waals surface area contributed by atoms with Gasteiger partial charge in [0.15, 0.2) is 34.7 Å². The van der Waals surface area contributed by atoms with E-state index in [-0.39, 0.29) is 11.1 Å². The molecule has 7 N–H and O–H groups in total. The van der Waals surface area contributed by atoms with Crippen LogP contribution in [0.5, 0.6) is 23.0 Å². The lowest BCUT2D eigenvalue weighted by atomic mass is 9.79. The molecular weight excluding hydrogens is 640 g/mol. The monoisotopic (exact) mass is 674 g/mol. The van der Waals surface area contributed by atoms with Crippen molar-refractivity contribution in [2.24, 2.45) is 0 Å². The predicted molar refractivity (Wildman–Crippen MR) is 161 cm³/mol. The van der Waals surface area contributed by atoms with Gasteiger partial charge in [-0.2, -0.15) is 0 Å². The van der Waals surface area contributed by atoms with E-state index in [0.29, 0.717) is 0 Å². The molecule has 0 bridgehead atoms. The first-order chi connectivity index (χ1) is 22.4. The third-order valence-electron chi connectivity index (χ3n) is 7.06. The minimum atomic E-state index is -2.44. The van der Waals surface area contributed by atoms with E-state index in [1.807, 2.05) is 0 Å². The number of carboxylic acid groups (broad SMARTS) is 1. The second kappa shape index (κ2) is 15.3. The van der Waals surface area contributed by atoms with Gasteiger partial charge in [0.25, 0.3) is 0 Å². The number of aliphatic hydroxyl groups is 2. The standard InChI is InChI=1S/C32H34O16/c1-31(43,15-25(37)38)16-28(41)48-29-23(46-26(39)9-5-17-3-7-19(33)21(35)11-17)13-32(44,30(42)45-2)14-24(29)47-27(40)10-6-18-4-8-20(34)22(36)12-18/h3-12,23-24,29,33-36,43-44H,13-16H2,1-2H3,(H,37,38)/t23-,24-,29?,31+,32?/m1/s1. The summed E-state index contributed by atoms with van der Waals surface area (Å²) in [4.78, 5) is 62.5. The Morgan fingerprint density at radius 2 is 1.25 bits per heavy atom. The fraction of sp³-hybridized carbons (Fsp3) is 0.344. The fourth-order valence-electron chi connectivity index (χ4n) is 4.83. The lowest BCUT2D eigenvalue weighted by Crippen LogP contribution is -2.59. The van der Waals surface area contributed by atoms with E-state index in [4.69, 9.17) is 19.3 Å². The van der Waals surface area contributed by atoms with Gasteiger partial charge in [-0.1, -0.05) is 12.1 Å². The lowest BCUT2D eigenvalue weighted by molar-refractivity contribution is -0.215. The first kappa shape index (κ1) is 36.9. The molecule has 48 heavy (non-hydrogen) atoms. The van der Waals surface area contributed by atoms with Crippen molar-refractivity contribution in [1.82, 2.24) is 0 Å². The lowest BCUT2D eigenvalue weighted by Gasteiger charge is -2.42. The highest BCUT2D eigenvalue weighted by Gasteiger charge is 2.55. The van der Waals surface area contributed by atoms with Gasteiger partial charge in [0.05, 0.1) is 25.6 Å². The van der Waals surface area contributed by atoms with Crippen LogP contribution in [0.4, 0.5) is 0 Å². The number of methoxy groups -OCH3 is 1. The zero-order valence-electron chi connectivity index (χ0n) is 25.6. The van der Waals surface area contributed by atoms with Crippen molar-refractivity contribution < 1.29 is 78.7 Å². The summed E-state index contributed by atoms with van der Waals surface area (Å²) in [6, 6.07) is 7.28. The van der Waals surface area contributed by atoms with Crippen LogP contribution < -0.4 is 0 Å². The largest absolute Gasteiger partial charge is 0.504 e. The molecule has 0 unspecified atom stereocenters. The summed E-state index contributed by atoms with van der Waals surface area (Å²) >= 11 is 0. The number of aliphatic carboxylic acids is 1. The third-order valence-corrected chi connectivity index (χ3v) is 7.06. The fourth-order valence-corrected chi connectivity index (χ4v) is 4.83. The number of hydrogen-bond acceptors (Lipinski definition) is 15. The van der Waals surface area contributed by atoms with Crippen molar-refractivity contribution in [1.29, 1.82) is 0 Å². The topological polar surface area (TPSA) is 264 Å². The maximum absolute atomic E-state index is 12.9. The Kier molecular flexibility index (Phi) is 11.8. The average molecular weight is 675 g/mol. The van der Waals surface area contributed by atoms with E-state index >= 15 is 0 Å². The van der Waals surface area contributed by atoms with Gasteiger partial charge in [-0.15, -0.1) is 0 Å². The van der Waals surface area contributed by atoms with Gasteiger partial charge in [0.2, 0.25) is 0 Å². The highest BCUT2D eigenvalue weighted by Crippen LogP contribution is 2.36. The van der Waals surface area contributed by atoms with Crippen molar-refractivity contribution in [3.63, 3.8) is 0 Å². The summed E-state index contributed by atoms with van der Waals surface area (Å²) in [5.74, 6) is -7.85.